The van der Waals surface area contributed by atoms with Gasteiger partial charge in [0, 0.05) is 11.2 Å². The highest BCUT2D eigenvalue weighted by atomic mass is 35.5. The van der Waals surface area contributed by atoms with Gasteiger partial charge >= 0.3 is 12.3 Å². The number of nitrogens with zero attached hydrogens (tertiary/aromatic N) is 2. The Morgan fingerprint density at radius 1 is 1.25 bits per heavy atom. The fourth-order valence-electron chi connectivity index (χ4n) is 2.69. The first-order chi connectivity index (χ1) is 13.0. The predicted molar refractivity (Wildman–Crippen MR) is 94.8 cm³/mol. The Labute approximate surface area is 163 Å². The molecule has 0 unspecified atom stereocenters. The number of carbonyl (C=O) groups is 1. The third-order valence-corrected chi connectivity index (χ3v) is 5.56. The molecule has 1 N–H and O–H groups in total. The Hall–Kier alpha value is -2.53. The smallest absolute Gasteiger partial charge is 0.427 e. The normalized spacial score (nSPS) is 20.2. The van der Waals surface area contributed by atoms with E-state index in [-0.39, 0.29) is 21.4 Å². The summed E-state index contributed by atoms with van der Waals surface area (Å²) in [5.41, 5.74) is -0.186. The van der Waals surface area contributed by atoms with Gasteiger partial charge in [-0.2, -0.15) is 13.2 Å². The molecule has 2 heterocycles. The second kappa shape index (κ2) is 7.13. The van der Waals surface area contributed by atoms with Crippen molar-refractivity contribution >= 4 is 39.2 Å². The van der Waals surface area contributed by atoms with Crippen LogP contribution in [0.1, 0.15) is 6.92 Å². The number of nitrogens with one attached hydrogen (secondary N) is 1. The molecule has 2 atom stereocenters. The number of pyridine rings is 1. The van der Waals surface area contributed by atoms with Crippen LogP contribution in [-0.4, -0.2) is 37.8 Å². The maximum atomic E-state index is 13.1. The minimum atomic E-state index is -4.78. The number of halogens is 4. The van der Waals surface area contributed by atoms with Crippen molar-refractivity contribution in [2.75, 3.05) is 9.62 Å². The zero-order valence-corrected chi connectivity index (χ0v) is 15.7. The lowest BCUT2D eigenvalue weighted by atomic mass is 10.1. The fourth-order valence-corrected chi connectivity index (χ4v) is 4.05. The summed E-state index contributed by atoms with van der Waals surface area (Å²) in [5.74, 6) is -0.308. The molecule has 0 radical (unpaired) electrons. The number of benzene rings is 1. The lowest BCUT2D eigenvalue weighted by molar-refractivity contribution is -0.198. The molecule has 1 fully saturated rings. The molecule has 1 aliphatic heterocycles. The first-order valence-electron chi connectivity index (χ1n) is 7.80. The summed E-state index contributed by atoms with van der Waals surface area (Å²) in [5, 5.41) is 0.180. The van der Waals surface area contributed by atoms with E-state index in [0.29, 0.717) is 4.90 Å². The van der Waals surface area contributed by atoms with Crippen LogP contribution in [-0.2, 0) is 14.8 Å². The largest absolute Gasteiger partial charge is 0.434 e. The van der Waals surface area contributed by atoms with Gasteiger partial charge in [-0.05, 0) is 37.3 Å². The molecule has 1 aliphatic rings. The second-order valence-corrected chi connectivity index (χ2v) is 8.01. The zero-order valence-electron chi connectivity index (χ0n) is 14.1. The van der Waals surface area contributed by atoms with Crippen molar-refractivity contribution in [3.05, 3.63) is 47.6 Å². The molecule has 1 amide bonds. The molecule has 1 saturated heterocycles. The maximum Gasteiger partial charge on any atom is 0.427 e. The Morgan fingerprint density at radius 2 is 1.96 bits per heavy atom. The van der Waals surface area contributed by atoms with Crippen LogP contribution in [0.3, 0.4) is 0 Å². The molecule has 0 saturated carbocycles. The number of carbonyl (C=O) groups excluding carboxylic acids is 1. The Bertz CT molecular complexity index is 1020. The van der Waals surface area contributed by atoms with Crippen LogP contribution < -0.4 is 9.62 Å². The highest BCUT2D eigenvalue weighted by molar-refractivity contribution is 7.92. The van der Waals surface area contributed by atoms with Crippen LogP contribution in [0.15, 0.2) is 47.5 Å². The summed E-state index contributed by atoms with van der Waals surface area (Å²) < 4.78 is 71.0. The number of ether oxygens (including phenoxy) is 1. The van der Waals surface area contributed by atoms with E-state index >= 15 is 0 Å². The quantitative estimate of drug-likeness (QED) is 0.788. The highest BCUT2D eigenvalue weighted by Crippen LogP contribution is 2.37. The van der Waals surface area contributed by atoms with Gasteiger partial charge in [0.05, 0.1) is 16.6 Å². The molecule has 1 aromatic heterocycles. The predicted octanol–water partition coefficient (Wildman–Crippen LogP) is 3.81. The van der Waals surface area contributed by atoms with Crippen molar-refractivity contribution in [3.8, 4) is 0 Å². The molecule has 0 aliphatic carbocycles. The van der Waals surface area contributed by atoms with Gasteiger partial charge in [-0.1, -0.05) is 17.7 Å². The summed E-state index contributed by atoms with van der Waals surface area (Å²) in [6.45, 7) is 1.13. The minimum Gasteiger partial charge on any atom is -0.434 e. The summed E-state index contributed by atoms with van der Waals surface area (Å²) in [6, 6.07) is 6.59. The number of cyclic esters (lactones) is 1. The van der Waals surface area contributed by atoms with Gasteiger partial charge in [-0.3, -0.25) is 9.62 Å². The topological polar surface area (TPSA) is 88.6 Å². The summed E-state index contributed by atoms with van der Waals surface area (Å²) >= 11 is 5.81. The highest BCUT2D eigenvalue weighted by Gasteiger charge is 2.55. The lowest BCUT2D eigenvalue weighted by Gasteiger charge is -2.23. The van der Waals surface area contributed by atoms with Gasteiger partial charge in [0.25, 0.3) is 10.0 Å². The van der Waals surface area contributed by atoms with Gasteiger partial charge < -0.3 is 4.74 Å². The van der Waals surface area contributed by atoms with Crippen molar-refractivity contribution < 1.29 is 31.1 Å². The van der Waals surface area contributed by atoms with E-state index in [4.69, 9.17) is 11.6 Å². The molecule has 28 heavy (non-hydrogen) atoms. The van der Waals surface area contributed by atoms with Gasteiger partial charge in [0.15, 0.2) is 5.82 Å². The molecule has 1 aromatic carbocycles. The summed E-state index contributed by atoms with van der Waals surface area (Å²) in [4.78, 5) is 16.4. The number of hydrogen-bond acceptors (Lipinski definition) is 5. The van der Waals surface area contributed by atoms with Gasteiger partial charge in [0.1, 0.15) is 0 Å². The van der Waals surface area contributed by atoms with Crippen molar-refractivity contribution in [2.45, 2.75) is 30.1 Å². The van der Waals surface area contributed by atoms with Crippen LogP contribution in [0.2, 0.25) is 5.02 Å². The van der Waals surface area contributed by atoms with Gasteiger partial charge in [0.2, 0.25) is 6.10 Å². The summed E-state index contributed by atoms with van der Waals surface area (Å²) in [7, 11) is -4.14. The Balaban J connectivity index is 1.97. The number of hydrogen-bond donors (Lipinski definition) is 1. The van der Waals surface area contributed by atoms with Crippen LogP contribution in [0.5, 0.6) is 0 Å². The standard InChI is InChI=1S/C16H13ClF3N3O4S/c1-9-13(16(18,19)20)27-15(24)23(9)14-12(6-3-7-21-14)22-28(25,26)11-5-2-4-10(17)8-11/h2-9,13,22H,1H3/t9-,13-/m1/s1. The molecule has 7 nitrogen and oxygen atoms in total. The molecular formula is C16H13ClF3N3O4S. The monoisotopic (exact) mass is 435 g/mol. The molecule has 12 heteroatoms. The van der Waals surface area contributed by atoms with E-state index in [9.17, 15) is 26.4 Å². The van der Waals surface area contributed by atoms with Crippen molar-refractivity contribution in [3.63, 3.8) is 0 Å². The number of rotatable bonds is 4. The van der Waals surface area contributed by atoms with Crippen LogP contribution in [0.25, 0.3) is 0 Å². The lowest BCUT2D eigenvalue weighted by Crippen LogP contribution is -2.41. The number of alkyl halides is 3. The van der Waals surface area contributed by atoms with Crippen molar-refractivity contribution in [1.82, 2.24) is 4.98 Å². The van der Waals surface area contributed by atoms with E-state index in [1.165, 1.54) is 42.6 Å². The fraction of sp³-hybridized carbons (Fsp3) is 0.250. The van der Waals surface area contributed by atoms with Crippen LogP contribution >= 0.6 is 11.6 Å². The second-order valence-electron chi connectivity index (χ2n) is 5.89. The van der Waals surface area contributed by atoms with E-state index in [0.717, 1.165) is 6.92 Å². The van der Waals surface area contributed by atoms with Crippen molar-refractivity contribution in [1.29, 1.82) is 0 Å². The Morgan fingerprint density at radius 3 is 2.57 bits per heavy atom. The molecule has 0 spiro atoms. The number of anilines is 2. The third-order valence-electron chi connectivity index (χ3n) is 3.96. The van der Waals surface area contributed by atoms with Gasteiger partial charge in [-0.25, -0.2) is 18.2 Å². The van der Waals surface area contributed by atoms with Gasteiger partial charge in [-0.15, -0.1) is 0 Å². The van der Waals surface area contributed by atoms with Crippen LogP contribution in [0, 0.1) is 0 Å². The first kappa shape index (κ1) is 20.2. The minimum absolute atomic E-state index is 0.167. The van der Waals surface area contributed by atoms with Crippen LogP contribution in [0.4, 0.5) is 29.5 Å². The third kappa shape index (κ3) is 3.85. The number of sulfonamides is 1. The van der Waals surface area contributed by atoms with Crippen molar-refractivity contribution in [2.24, 2.45) is 0 Å². The van der Waals surface area contributed by atoms with E-state index in [1.807, 2.05) is 0 Å². The molecule has 0 bridgehead atoms. The summed E-state index contributed by atoms with van der Waals surface area (Å²) in [6.07, 6.45) is -7.21. The first-order valence-corrected chi connectivity index (χ1v) is 9.67. The number of amides is 1. The number of aromatic nitrogens is 1. The van der Waals surface area contributed by atoms with E-state index in [2.05, 4.69) is 14.4 Å². The zero-order chi connectivity index (χ0) is 20.7. The Kier molecular flexibility index (Phi) is 5.15. The van der Waals surface area contributed by atoms with E-state index in [1.54, 1.807) is 0 Å². The molecule has 2 aromatic rings. The average Bonchev–Trinajstić information content (AvgIpc) is 2.90. The molecular weight excluding hydrogens is 423 g/mol. The maximum absolute atomic E-state index is 13.1. The average molecular weight is 436 g/mol. The molecule has 150 valence electrons. The van der Waals surface area contributed by atoms with E-state index < -0.39 is 34.4 Å². The SMILES string of the molecule is C[C@@H]1[C@H](C(F)(F)F)OC(=O)N1c1ncccc1NS(=O)(=O)c1cccc(Cl)c1. The molecule has 3 rings (SSSR count).